The number of hydrogen-bond acceptors (Lipinski definition) is 6. The van der Waals surface area contributed by atoms with E-state index in [1.165, 1.54) is 10.3 Å². The second-order valence-electron chi connectivity index (χ2n) is 5.15. The van der Waals surface area contributed by atoms with Crippen molar-refractivity contribution in [2.45, 2.75) is 32.4 Å². The van der Waals surface area contributed by atoms with Crippen LogP contribution in [0.5, 0.6) is 0 Å². The first kappa shape index (κ1) is 17.5. The Hall–Kier alpha value is -1.51. The molecule has 0 aliphatic rings. The minimum absolute atomic E-state index is 0.0819. The maximum Gasteiger partial charge on any atom is 0.355 e. The van der Waals surface area contributed by atoms with Crippen molar-refractivity contribution in [3.05, 3.63) is 16.1 Å². The van der Waals surface area contributed by atoms with Gasteiger partial charge in [-0.25, -0.2) is 9.78 Å². The number of aliphatic hydroxyl groups is 1. The number of aliphatic hydroxyl groups excluding tert-OH is 1. The lowest BCUT2D eigenvalue weighted by Crippen LogP contribution is -2.44. The first-order valence-corrected chi connectivity index (χ1v) is 7.48. The van der Waals surface area contributed by atoms with Gasteiger partial charge in [-0.1, -0.05) is 13.8 Å². The number of carbonyl (C=O) groups is 2. The molecule has 8 heteroatoms. The Morgan fingerprint density at radius 1 is 1.48 bits per heavy atom. The molecule has 1 rings (SSSR count). The highest BCUT2D eigenvalue weighted by molar-refractivity contribution is 7.09. The molecule has 1 heterocycles. The lowest BCUT2D eigenvalue weighted by molar-refractivity contribution is -0.132. The Kier molecular flexibility index (Phi) is 6.25. The number of carbonyl (C=O) groups excluding carboxylic acids is 1. The normalized spacial score (nSPS) is 14.0. The van der Waals surface area contributed by atoms with Crippen LogP contribution in [0.15, 0.2) is 5.38 Å². The van der Waals surface area contributed by atoms with Crippen LogP contribution in [-0.2, 0) is 4.79 Å². The number of rotatable bonds is 7. The molecule has 2 unspecified atom stereocenters. The van der Waals surface area contributed by atoms with Crippen molar-refractivity contribution in [2.24, 2.45) is 11.7 Å². The van der Waals surface area contributed by atoms with E-state index in [9.17, 15) is 14.7 Å². The molecule has 0 saturated carbocycles. The standard InChI is InChI=1S/C13H21N3O4S/c1-7(2)9(16(3)11(18)5-14)4-10(17)12-15-8(6-21-12)13(19)20/h6-7,9-10,17H,4-5,14H2,1-3H3,(H,19,20). The summed E-state index contributed by atoms with van der Waals surface area (Å²) in [6.45, 7) is 3.81. The third kappa shape index (κ3) is 4.48. The molecule has 1 aromatic rings. The lowest BCUT2D eigenvalue weighted by atomic mass is 9.96. The van der Waals surface area contributed by atoms with Gasteiger partial charge in [0, 0.05) is 24.9 Å². The smallest absolute Gasteiger partial charge is 0.355 e. The molecule has 118 valence electrons. The Morgan fingerprint density at radius 3 is 2.52 bits per heavy atom. The number of nitrogens with two attached hydrogens (primary N) is 1. The Bertz CT molecular complexity index is 503. The fourth-order valence-corrected chi connectivity index (χ4v) is 2.87. The van der Waals surface area contributed by atoms with Gasteiger partial charge in [0.1, 0.15) is 11.1 Å². The summed E-state index contributed by atoms with van der Waals surface area (Å²) in [7, 11) is 1.65. The monoisotopic (exact) mass is 315 g/mol. The number of carboxylic acid groups (broad SMARTS) is 1. The molecule has 0 radical (unpaired) electrons. The van der Waals surface area contributed by atoms with Crippen molar-refractivity contribution in [1.29, 1.82) is 0 Å². The van der Waals surface area contributed by atoms with E-state index >= 15 is 0 Å². The fourth-order valence-electron chi connectivity index (χ4n) is 2.07. The van der Waals surface area contributed by atoms with Crippen molar-refractivity contribution < 1.29 is 19.8 Å². The third-order valence-electron chi connectivity index (χ3n) is 3.33. The fraction of sp³-hybridized carbons (Fsp3) is 0.615. The average molecular weight is 315 g/mol. The van der Waals surface area contributed by atoms with Gasteiger partial charge in [-0.15, -0.1) is 11.3 Å². The minimum atomic E-state index is -1.12. The number of hydrogen-bond donors (Lipinski definition) is 3. The summed E-state index contributed by atoms with van der Waals surface area (Å²) in [6.07, 6.45) is -0.629. The number of amides is 1. The largest absolute Gasteiger partial charge is 0.476 e. The molecule has 1 amide bonds. The van der Waals surface area contributed by atoms with E-state index in [4.69, 9.17) is 10.8 Å². The molecular weight excluding hydrogens is 294 g/mol. The van der Waals surface area contributed by atoms with Gasteiger partial charge in [0.15, 0.2) is 5.69 Å². The molecule has 0 aromatic carbocycles. The highest BCUT2D eigenvalue weighted by Gasteiger charge is 2.27. The van der Waals surface area contributed by atoms with Crippen LogP contribution in [0.25, 0.3) is 0 Å². The number of aromatic carboxylic acids is 1. The van der Waals surface area contributed by atoms with Crippen LogP contribution >= 0.6 is 11.3 Å². The Labute approximate surface area is 127 Å². The van der Waals surface area contributed by atoms with Crippen LogP contribution in [0.3, 0.4) is 0 Å². The van der Waals surface area contributed by atoms with Gasteiger partial charge in [-0.05, 0) is 5.92 Å². The van der Waals surface area contributed by atoms with E-state index in [2.05, 4.69) is 4.98 Å². The van der Waals surface area contributed by atoms with Crippen LogP contribution in [0.4, 0.5) is 0 Å². The number of likely N-dealkylation sites (N-methyl/N-ethyl adjacent to an activating group) is 1. The zero-order valence-corrected chi connectivity index (χ0v) is 13.1. The minimum Gasteiger partial charge on any atom is -0.476 e. The molecule has 0 spiro atoms. The zero-order valence-electron chi connectivity index (χ0n) is 12.3. The van der Waals surface area contributed by atoms with Gasteiger partial charge in [-0.2, -0.15) is 0 Å². The molecule has 0 aliphatic heterocycles. The summed E-state index contributed by atoms with van der Waals surface area (Å²) in [5, 5.41) is 20.8. The van der Waals surface area contributed by atoms with Gasteiger partial charge in [-0.3, -0.25) is 4.79 Å². The Balaban J connectivity index is 2.82. The van der Waals surface area contributed by atoms with Crippen LogP contribution < -0.4 is 5.73 Å². The zero-order chi connectivity index (χ0) is 16.2. The first-order valence-electron chi connectivity index (χ1n) is 6.60. The van der Waals surface area contributed by atoms with Crippen LogP contribution in [0, 0.1) is 5.92 Å². The number of aromatic nitrogens is 1. The van der Waals surface area contributed by atoms with Gasteiger partial charge in [0.2, 0.25) is 5.91 Å². The Morgan fingerprint density at radius 2 is 2.10 bits per heavy atom. The van der Waals surface area contributed by atoms with E-state index in [-0.39, 0.29) is 36.5 Å². The molecule has 7 nitrogen and oxygen atoms in total. The maximum atomic E-state index is 11.7. The van der Waals surface area contributed by atoms with Crippen molar-refractivity contribution in [3.8, 4) is 0 Å². The molecule has 4 N–H and O–H groups in total. The number of nitrogens with zero attached hydrogens (tertiary/aromatic N) is 2. The molecule has 0 saturated heterocycles. The second-order valence-corrected chi connectivity index (χ2v) is 6.04. The van der Waals surface area contributed by atoms with Gasteiger partial charge in [0.05, 0.1) is 6.54 Å². The molecule has 1 aromatic heterocycles. The third-order valence-corrected chi connectivity index (χ3v) is 4.27. The van der Waals surface area contributed by atoms with Crippen molar-refractivity contribution in [3.63, 3.8) is 0 Å². The van der Waals surface area contributed by atoms with E-state index < -0.39 is 12.1 Å². The predicted molar refractivity (Wildman–Crippen MR) is 79.1 cm³/mol. The second kappa shape index (κ2) is 7.48. The average Bonchev–Trinajstić information content (AvgIpc) is 2.92. The van der Waals surface area contributed by atoms with Crippen LogP contribution in [-0.4, -0.2) is 51.6 Å². The molecule has 2 atom stereocenters. The van der Waals surface area contributed by atoms with Gasteiger partial charge < -0.3 is 20.8 Å². The molecule has 0 aliphatic carbocycles. The van der Waals surface area contributed by atoms with E-state index in [0.29, 0.717) is 5.01 Å². The summed E-state index contributed by atoms with van der Waals surface area (Å²) < 4.78 is 0. The van der Waals surface area contributed by atoms with E-state index in [1.807, 2.05) is 13.8 Å². The summed E-state index contributed by atoms with van der Waals surface area (Å²) in [5.74, 6) is -1.20. The van der Waals surface area contributed by atoms with Gasteiger partial charge >= 0.3 is 5.97 Å². The summed E-state index contributed by atoms with van der Waals surface area (Å²) in [5.41, 5.74) is 5.28. The van der Waals surface area contributed by atoms with E-state index in [0.717, 1.165) is 11.3 Å². The van der Waals surface area contributed by atoms with Gasteiger partial charge in [0.25, 0.3) is 0 Å². The quantitative estimate of drug-likeness (QED) is 0.682. The predicted octanol–water partition coefficient (Wildman–Crippen LogP) is 0.706. The number of thiazole rings is 1. The first-order chi connectivity index (χ1) is 9.77. The summed E-state index contributed by atoms with van der Waals surface area (Å²) >= 11 is 1.10. The summed E-state index contributed by atoms with van der Waals surface area (Å²) in [6, 6.07) is -0.201. The highest BCUT2D eigenvalue weighted by Crippen LogP contribution is 2.26. The topological polar surface area (TPSA) is 117 Å². The lowest BCUT2D eigenvalue weighted by Gasteiger charge is -2.32. The number of carboxylic acids is 1. The SMILES string of the molecule is CC(C)C(CC(O)c1nc(C(=O)O)cs1)N(C)C(=O)CN. The van der Waals surface area contributed by atoms with Crippen molar-refractivity contribution in [2.75, 3.05) is 13.6 Å². The maximum absolute atomic E-state index is 11.7. The van der Waals surface area contributed by atoms with Crippen LogP contribution in [0.2, 0.25) is 0 Å². The van der Waals surface area contributed by atoms with E-state index in [1.54, 1.807) is 7.05 Å². The molecule has 21 heavy (non-hydrogen) atoms. The summed E-state index contributed by atoms with van der Waals surface area (Å²) in [4.78, 5) is 27.9. The van der Waals surface area contributed by atoms with Crippen molar-refractivity contribution in [1.82, 2.24) is 9.88 Å². The van der Waals surface area contributed by atoms with Crippen molar-refractivity contribution >= 4 is 23.2 Å². The molecule has 0 bridgehead atoms. The van der Waals surface area contributed by atoms with Crippen LogP contribution in [0.1, 0.15) is 41.9 Å². The molecule has 0 fully saturated rings. The highest BCUT2D eigenvalue weighted by atomic mass is 32.1. The molecular formula is C13H21N3O4S.